The number of fused-ring (bicyclic) bond motifs is 1. The first-order chi connectivity index (χ1) is 13.7. The lowest BCUT2D eigenvalue weighted by Gasteiger charge is -2.35. The van der Waals surface area contributed by atoms with Crippen molar-refractivity contribution in [3.05, 3.63) is 60.2 Å². The molecular formula is C22H26N2O4. The van der Waals surface area contributed by atoms with Crippen LogP contribution in [0.5, 0.6) is 11.5 Å². The molecule has 0 spiro atoms. The Morgan fingerprint density at radius 3 is 2.50 bits per heavy atom. The topological polar surface area (TPSA) is 71.0 Å². The van der Waals surface area contributed by atoms with Crippen molar-refractivity contribution in [3.63, 3.8) is 0 Å². The van der Waals surface area contributed by atoms with Crippen LogP contribution in [0.3, 0.4) is 0 Å². The van der Waals surface area contributed by atoms with Gasteiger partial charge in [-0.25, -0.2) is 4.79 Å². The lowest BCUT2D eigenvalue weighted by Crippen LogP contribution is -2.48. The second kappa shape index (κ2) is 8.52. The third-order valence-corrected chi connectivity index (χ3v) is 5.46. The molecule has 0 saturated carbocycles. The molecule has 2 aliphatic heterocycles. The Kier molecular flexibility index (Phi) is 5.67. The number of nitrogens with one attached hydrogen (secondary N) is 1. The minimum atomic E-state index is -0.473. The zero-order valence-electron chi connectivity index (χ0n) is 15.8. The van der Waals surface area contributed by atoms with Gasteiger partial charge in [0.1, 0.15) is 6.61 Å². The predicted octanol–water partition coefficient (Wildman–Crippen LogP) is 2.98. The summed E-state index contributed by atoms with van der Waals surface area (Å²) in [7, 11) is 0. The van der Waals surface area contributed by atoms with Crippen molar-refractivity contribution in [3.8, 4) is 11.5 Å². The normalized spacial score (nSPS) is 20.5. The van der Waals surface area contributed by atoms with Crippen molar-refractivity contribution in [2.45, 2.75) is 25.0 Å². The van der Waals surface area contributed by atoms with E-state index >= 15 is 0 Å². The number of urea groups is 1. The van der Waals surface area contributed by atoms with E-state index in [2.05, 4.69) is 5.32 Å². The van der Waals surface area contributed by atoms with E-state index < -0.39 is 6.10 Å². The van der Waals surface area contributed by atoms with Gasteiger partial charge in [-0.2, -0.15) is 0 Å². The number of hydrogen-bond donors (Lipinski definition) is 2. The molecule has 2 atom stereocenters. The maximum atomic E-state index is 12.5. The molecule has 2 aromatic rings. The molecular weight excluding hydrogens is 356 g/mol. The number of nitrogens with zero attached hydrogens (tertiary/aromatic N) is 1. The van der Waals surface area contributed by atoms with E-state index in [9.17, 15) is 9.90 Å². The molecule has 4 rings (SSSR count). The third kappa shape index (κ3) is 4.22. The molecule has 2 N–H and O–H groups in total. The summed E-state index contributed by atoms with van der Waals surface area (Å²) in [6.45, 7) is 2.11. The van der Waals surface area contributed by atoms with E-state index in [0.717, 1.165) is 24.2 Å². The van der Waals surface area contributed by atoms with Crippen molar-refractivity contribution in [1.29, 1.82) is 0 Å². The van der Waals surface area contributed by atoms with Crippen LogP contribution < -0.4 is 14.8 Å². The molecule has 0 aliphatic carbocycles. The minimum absolute atomic E-state index is 0.0879. The van der Waals surface area contributed by atoms with Crippen LogP contribution in [0.25, 0.3) is 0 Å². The average molecular weight is 382 g/mol. The van der Waals surface area contributed by atoms with Crippen LogP contribution in [0, 0.1) is 5.92 Å². The van der Waals surface area contributed by atoms with E-state index in [1.165, 1.54) is 0 Å². The van der Waals surface area contributed by atoms with Gasteiger partial charge >= 0.3 is 6.03 Å². The molecule has 1 fully saturated rings. The van der Waals surface area contributed by atoms with Crippen molar-refractivity contribution >= 4 is 6.03 Å². The molecule has 2 unspecified atom stereocenters. The average Bonchev–Trinajstić information content (AvgIpc) is 2.77. The molecule has 2 amide bonds. The Morgan fingerprint density at radius 1 is 1.07 bits per heavy atom. The number of amides is 2. The minimum Gasteiger partial charge on any atom is -0.486 e. The fourth-order valence-corrected chi connectivity index (χ4v) is 3.82. The summed E-state index contributed by atoms with van der Waals surface area (Å²) in [4.78, 5) is 14.3. The van der Waals surface area contributed by atoms with Crippen LogP contribution in [0.1, 0.15) is 24.5 Å². The van der Waals surface area contributed by atoms with E-state index in [1.807, 2.05) is 59.5 Å². The van der Waals surface area contributed by atoms with Gasteiger partial charge in [0.25, 0.3) is 0 Å². The maximum Gasteiger partial charge on any atom is 0.317 e. The lowest BCUT2D eigenvalue weighted by molar-refractivity contribution is 0.0642. The van der Waals surface area contributed by atoms with Crippen LogP contribution in [-0.4, -0.2) is 48.4 Å². The number of aliphatic hydroxyl groups is 1. The molecule has 2 aliphatic rings. The zero-order chi connectivity index (χ0) is 19.3. The van der Waals surface area contributed by atoms with Gasteiger partial charge in [0.15, 0.2) is 17.6 Å². The summed E-state index contributed by atoms with van der Waals surface area (Å²) >= 11 is 0. The van der Waals surface area contributed by atoms with E-state index in [4.69, 9.17) is 9.47 Å². The van der Waals surface area contributed by atoms with Crippen LogP contribution in [0.4, 0.5) is 4.79 Å². The van der Waals surface area contributed by atoms with Gasteiger partial charge in [0, 0.05) is 13.1 Å². The fourth-order valence-electron chi connectivity index (χ4n) is 3.82. The monoisotopic (exact) mass is 382 g/mol. The molecule has 148 valence electrons. The smallest absolute Gasteiger partial charge is 0.317 e. The van der Waals surface area contributed by atoms with Gasteiger partial charge in [-0.3, -0.25) is 0 Å². The number of para-hydroxylation sites is 2. The number of aliphatic hydroxyl groups excluding tert-OH is 1. The summed E-state index contributed by atoms with van der Waals surface area (Å²) in [5.41, 5.74) is 0.945. The van der Waals surface area contributed by atoms with Crippen molar-refractivity contribution in [2.75, 3.05) is 26.2 Å². The largest absolute Gasteiger partial charge is 0.486 e. The molecule has 6 heteroatoms. The van der Waals surface area contributed by atoms with Gasteiger partial charge in [0.2, 0.25) is 0 Å². The van der Waals surface area contributed by atoms with Crippen LogP contribution >= 0.6 is 0 Å². The first kappa shape index (κ1) is 18.6. The van der Waals surface area contributed by atoms with Gasteiger partial charge in [-0.05, 0) is 36.5 Å². The molecule has 0 radical (unpaired) electrons. The molecule has 0 aromatic heterocycles. The molecule has 2 aromatic carbocycles. The Labute approximate surface area is 165 Å². The quantitative estimate of drug-likeness (QED) is 0.853. The first-order valence-electron chi connectivity index (χ1n) is 9.85. The van der Waals surface area contributed by atoms with Crippen LogP contribution in [0.2, 0.25) is 0 Å². The molecule has 28 heavy (non-hydrogen) atoms. The molecule has 1 saturated heterocycles. The molecule has 6 nitrogen and oxygen atoms in total. The highest BCUT2D eigenvalue weighted by Crippen LogP contribution is 2.31. The molecule has 0 bridgehead atoms. The Balaban J connectivity index is 1.23. The number of carbonyl (C=O) groups excluding carboxylic acids is 1. The van der Waals surface area contributed by atoms with Crippen LogP contribution in [-0.2, 0) is 0 Å². The number of ether oxygens (including phenoxy) is 2. The van der Waals surface area contributed by atoms with E-state index in [1.54, 1.807) is 0 Å². The van der Waals surface area contributed by atoms with E-state index in [-0.39, 0.29) is 18.1 Å². The predicted molar refractivity (Wildman–Crippen MR) is 105 cm³/mol. The second-order valence-corrected chi connectivity index (χ2v) is 7.36. The van der Waals surface area contributed by atoms with Crippen LogP contribution in [0.15, 0.2) is 54.6 Å². The Hall–Kier alpha value is -2.73. The van der Waals surface area contributed by atoms with Crippen molar-refractivity contribution in [1.82, 2.24) is 10.2 Å². The number of rotatable bonds is 4. The first-order valence-corrected chi connectivity index (χ1v) is 9.85. The van der Waals surface area contributed by atoms with Gasteiger partial charge in [0.05, 0.1) is 12.6 Å². The highest BCUT2D eigenvalue weighted by Gasteiger charge is 2.29. The summed E-state index contributed by atoms with van der Waals surface area (Å²) in [5, 5.41) is 13.5. The Bertz CT molecular complexity index is 790. The van der Waals surface area contributed by atoms with E-state index in [0.29, 0.717) is 32.0 Å². The summed E-state index contributed by atoms with van der Waals surface area (Å²) in [5.74, 6) is 1.63. The van der Waals surface area contributed by atoms with Crippen molar-refractivity contribution < 1.29 is 19.4 Å². The SMILES string of the molecule is O=C(NCC1COc2ccccc2O1)N1CCC(C(O)c2ccccc2)CC1. The number of piperidine rings is 1. The standard InChI is InChI=1S/C22H26N2O4/c25-21(16-6-2-1-3-7-16)17-10-12-24(13-11-17)22(26)23-14-18-15-27-19-8-4-5-9-20(19)28-18/h1-9,17-18,21,25H,10-15H2,(H,23,26). The highest BCUT2D eigenvalue weighted by atomic mass is 16.6. The number of benzene rings is 2. The summed E-state index contributed by atoms with van der Waals surface area (Å²) in [6, 6.07) is 17.2. The number of carbonyl (C=O) groups is 1. The molecule has 2 heterocycles. The van der Waals surface area contributed by atoms with Gasteiger partial charge < -0.3 is 24.8 Å². The summed E-state index contributed by atoms with van der Waals surface area (Å²) < 4.78 is 11.6. The summed E-state index contributed by atoms with van der Waals surface area (Å²) in [6.07, 6.45) is 0.912. The van der Waals surface area contributed by atoms with Gasteiger partial charge in [-0.1, -0.05) is 42.5 Å². The fraction of sp³-hybridized carbons (Fsp3) is 0.409. The second-order valence-electron chi connectivity index (χ2n) is 7.36. The lowest BCUT2D eigenvalue weighted by atomic mass is 9.87. The third-order valence-electron chi connectivity index (χ3n) is 5.46. The highest BCUT2D eigenvalue weighted by molar-refractivity contribution is 5.74. The number of hydrogen-bond acceptors (Lipinski definition) is 4. The number of likely N-dealkylation sites (tertiary alicyclic amines) is 1. The Morgan fingerprint density at radius 2 is 1.75 bits per heavy atom. The zero-order valence-corrected chi connectivity index (χ0v) is 15.8. The maximum absolute atomic E-state index is 12.5. The van der Waals surface area contributed by atoms with Crippen molar-refractivity contribution in [2.24, 2.45) is 5.92 Å². The van der Waals surface area contributed by atoms with Gasteiger partial charge in [-0.15, -0.1) is 0 Å².